The second kappa shape index (κ2) is 8.20. The van der Waals surface area contributed by atoms with Gasteiger partial charge in [0.25, 0.3) is 0 Å². The van der Waals surface area contributed by atoms with E-state index in [0.29, 0.717) is 6.04 Å². The topological polar surface area (TPSA) is 41.1 Å². The van der Waals surface area contributed by atoms with Crippen LogP contribution in [-0.2, 0) is 0 Å². The minimum atomic E-state index is 0.522. The third-order valence-electron chi connectivity index (χ3n) is 5.84. The van der Waals surface area contributed by atoms with E-state index in [4.69, 9.17) is 9.97 Å². The molecule has 0 aromatic carbocycles. The van der Waals surface area contributed by atoms with Crippen molar-refractivity contribution in [2.45, 2.75) is 71.3 Å². The van der Waals surface area contributed by atoms with Crippen LogP contribution in [-0.4, -0.2) is 30.1 Å². The molecule has 1 unspecified atom stereocenters. The first-order chi connectivity index (χ1) is 12.1. The summed E-state index contributed by atoms with van der Waals surface area (Å²) in [5.74, 6) is 3.62. The zero-order chi connectivity index (χ0) is 17.8. The van der Waals surface area contributed by atoms with Crippen LogP contribution in [0.2, 0.25) is 0 Å². The molecule has 1 saturated carbocycles. The Balaban J connectivity index is 1.67. The Morgan fingerprint density at radius 1 is 1.12 bits per heavy atom. The summed E-state index contributed by atoms with van der Waals surface area (Å²) in [5.41, 5.74) is 0. The summed E-state index contributed by atoms with van der Waals surface area (Å²) < 4.78 is 0. The van der Waals surface area contributed by atoms with Crippen molar-refractivity contribution in [2.75, 3.05) is 24.3 Å². The Morgan fingerprint density at radius 2 is 1.84 bits per heavy atom. The summed E-state index contributed by atoms with van der Waals surface area (Å²) in [5, 5.41) is 5.92. The van der Waals surface area contributed by atoms with Crippen LogP contribution in [0, 0.1) is 11.8 Å². The van der Waals surface area contributed by atoms with E-state index in [1.54, 1.807) is 0 Å². The van der Waals surface area contributed by atoms with Crippen molar-refractivity contribution >= 4 is 23.9 Å². The molecule has 0 aliphatic heterocycles. The van der Waals surface area contributed by atoms with Crippen LogP contribution in [0.4, 0.5) is 11.8 Å². The SMILES string of the molecule is CCC(C)CC1CCC(Nc2nc(N(C)C)c3c(n2)=CCCC=3)CC1. The number of rotatable bonds is 6. The number of hydrogen-bond donors (Lipinski definition) is 1. The molecule has 0 bridgehead atoms. The molecule has 0 amide bonds. The fourth-order valence-electron chi connectivity index (χ4n) is 4.14. The van der Waals surface area contributed by atoms with Gasteiger partial charge in [0.1, 0.15) is 5.82 Å². The van der Waals surface area contributed by atoms with Gasteiger partial charge in [0.2, 0.25) is 5.95 Å². The number of hydrogen-bond acceptors (Lipinski definition) is 4. The summed E-state index contributed by atoms with van der Waals surface area (Å²) in [6.45, 7) is 4.70. The van der Waals surface area contributed by atoms with E-state index in [-0.39, 0.29) is 0 Å². The lowest BCUT2D eigenvalue weighted by Crippen LogP contribution is -2.38. The maximum atomic E-state index is 4.81. The lowest BCUT2D eigenvalue weighted by molar-refractivity contribution is 0.280. The molecule has 1 atom stereocenters. The fraction of sp³-hybridized carbons (Fsp3) is 0.714. The zero-order valence-corrected chi connectivity index (χ0v) is 16.4. The molecule has 4 nitrogen and oxygen atoms in total. The van der Waals surface area contributed by atoms with Gasteiger partial charge in [-0.3, -0.25) is 0 Å². The molecule has 1 heterocycles. The van der Waals surface area contributed by atoms with Crippen molar-refractivity contribution in [3.05, 3.63) is 10.6 Å². The first kappa shape index (κ1) is 18.2. The molecular weight excluding hydrogens is 308 g/mol. The summed E-state index contributed by atoms with van der Waals surface area (Å²) in [6, 6.07) is 0.522. The summed E-state index contributed by atoms with van der Waals surface area (Å²) in [6.07, 6.45) is 14.6. The van der Waals surface area contributed by atoms with Crippen molar-refractivity contribution in [3.63, 3.8) is 0 Å². The predicted molar refractivity (Wildman–Crippen MR) is 107 cm³/mol. The van der Waals surface area contributed by atoms with Gasteiger partial charge in [0.15, 0.2) is 0 Å². The van der Waals surface area contributed by atoms with Crippen LogP contribution in [0.3, 0.4) is 0 Å². The van der Waals surface area contributed by atoms with E-state index in [1.165, 1.54) is 43.7 Å². The Bertz CT molecular complexity index is 687. The molecule has 0 saturated heterocycles. The van der Waals surface area contributed by atoms with Crippen LogP contribution >= 0.6 is 0 Å². The quantitative estimate of drug-likeness (QED) is 0.861. The standard InChI is InChI=1S/C21H34N4/c1-5-15(2)14-16-10-12-17(13-11-16)22-21-23-19-9-7-6-8-18(19)20(24-21)25(3)4/h8-9,15-17H,5-7,10-14H2,1-4H3,(H,22,23). The first-order valence-electron chi connectivity index (χ1n) is 10.1. The van der Waals surface area contributed by atoms with E-state index in [9.17, 15) is 0 Å². The molecule has 2 aliphatic carbocycles. The van der Waals surface area contributed by atoms with Crippen molar-refractivity contribution < 1.29 is 0 Å². The largest absolute Gasteiger partial charge is 0.362 e. The normalized spacial score (nSPS) is 23.8. The zero-order valence-electron chi connectivity index (χ0n) is 16.4. The molecule has 1 N–H and O–H groups in total. The lowest BCUT2D eigenvalue weighted by atomic mass is 9.80. The maximum absolute atomic E-state index is 4.81. The summed E-state index contributed by atoms with van der Waals surface area (Å²) >= 11 is 0. The number of nitrogens with zero attached hydrogens (tertiary/aromatic N) is 3. The average molecular weight is 343 g/mol. The van der Waals surface area contributed by atoms with Crippen LogP contribution in [0.1, 0.15) is 65.2 Å². The average Bonchev–Trinajstić information content (AvgIpc) is 2.62. The van der Waals surface area contributed by atoms with E-state index < -0.39 is 0 Å². The minimum absolute atomic E-state index is 0.522. The lowest BCUT2D eigenvalue weighted by Gasteiger charge is -2.30. The highest BCUT2D eigenvalue weighted by Crippen LogP contribution is 2.31. The minimum Gasteiger partial charge on any atom is -0.362 e. The molecule has 1 aromatic rings. The molecule has 1 aromatic heterocycles. The molecule has 3 rings (SSSR count). The van der Waals surface area contributed by atoms with Crippen molar-refractivity contribution in [3.8, 4) is 0 Å². The van der Waals surface area contributed by atoms with Crippen molar-refractivity contribution in [1.82, 2.24) is 9.97 Å². The van der Waals surface area contributed by atoms with Gasteiger partial charge in [0.05, 0.1) is 5.35 Å². The Morgan fingerprint density at radius 3 is 2.52 bits per heavy atom. The van der Waals surface area contributed by atoms with Gasteiger partial charge >= 0.3 is 0 Å². The second-order valence-corrected chi connectivity index (χ2v) is 8.16. The summed E-state index contributed by atoms with van der Waals surface area (Å²) in [7, 11) is 4.13. The smallest absolute Gasteiger partial charge is 0.225 e. The van der Waals surface area contributed by atoms with Crippen LogP contribution in [0.15, 0.2) is 0 Å². The van der Waals surface area contributed by atoms with Crippen LogP contribution in [0.25, 0.3) is 12.2 Å². The Hall–Kier alpha value is -1.58. The molecule has 25 heavy (non-hydrogen) atoms. The highest BCUT2D eigenvalue weighted by Gasteiger charge is 2.23. The third-order valence-corrected chi connectivity index (χ3v) is 5.84. The van der Waals surface area contributed by atoms with Crippen LogP contribution in [0.5, 0.6) is 0 Å². The molecule has 1 fully saturated rings. The number of anilines is 2. The van der Waals surface area contributed by atoms with Gasteiger partial charge in [-0.15, -0.1) is 0 Å². The van der Waals surface area contributed by atoms with Crippen molar-refractivity contribution in [2.24, 2.45) is 11.8 Å². The predicted octanol–water partition coefficient (Wildman–Crippen LogP) is 3.30. The van der Waals surface area contributed by atoms with E-state index in [1.807, 2.05) is 0 Å². The highest BCUT2D eigenvalue weighted by atomic mass is 15.2. The fourth-order valence-corrected chi connectivity index (χ4v) is 4.14. The Labute approximate surface area is 152 Å². The first-order valence-corrected chi connectivity index (χ1v) is 10.1. The number of nitrogens with one attached hydrogen (secondary N) is 1. The number of fused-ring (bicyclic) bond motifs is 1. The monoisotopic (exact) mass is 342 g/mol. The highest BCUT2D eigenvalue weighted by molar-refractivity contribution is 5.51. The van der Waals surface area contributed by atoms with Gasteiger partial charge in [-0.1, -0.05) is 32.4 Å². The Kier molecular flexibility index (Phi) is 5.98. The van der Waals surface area contributed by atoms with Gasteiger partial charge < -0.3 is 10.2 Å². The van der Waals surface area contributed by atoms with Gasteiger partial charge in [-0.25, -0.2) is 4.98 Å². The van der Waals surface area contributed by atoms with Crippen molar-refractivity contribution in [1.29, 1.82) is 0 Å². The molecule has 4 heteroatoms. The van der Waals surface area contributed by atoms with Crippen LogP contribution < -0.4 is 20.8 Å². The van der Waals surface area contributed by atoms with Gasteiger partial charge in [0, 0.05) is 25.4 Å². The third kappa shape index (κ3) is 4.53. The summed E-state index contributed by atoms with van der Waals surface area (Å²) in [4.78, 5) is 11.7. The molecular formula is C21H34N4. The van der Waals surface area contributed by atoms with E-state index >= 15 is 0 Å². The number of aromatic nitrogens is 2. The molecule has 2 aliphatic rings. The molecule has 0 spiro atoms. The second-order valence-electron chi connectivity index (χ2n) is 8.16. The van der Waals surface area contributed by atoms with E-state index in [0.717, 1.165) is 41.8 Å². The van der Waals surface area contributed by atoms with Gasteiger partial charge in [-0.2, -0.15) is 4.98 Å². The molecule has 0 radical (unpaired) electrons. The molecule has 138 valence electrons. The van der Waals surface area contributed by atoms with E-state index in [2.05, 4.69) is 50.3 Å². The van der Waals surface area contributed by atoms with Gasteiger partial charge in [-0.05, 0) is 56.8 Å². The maximum Gasteiger partial charge on any atom is 0.225 e.